The van der Waals surface area contributed by atoms with Gasteiger partial charge in [-0.25, -0.2) is 9.37 Å². The molecule has 1 N–H and O–H groups in total. The van der Waals surface area contributed by atoms with Crippen molar-refractivity contribution in [1.29, 1.82) is 0 Å². The predicted molar refractivity (Wildman–Crippen MR) is 63.1 cm³/mol. The molecule has 0 radical (unpaired) electrons. The molecule has 2 aromatic rings. The van der Waals surface area contributed by atoms with Crippen LogP contribution < -0.4 is 5.32 Å². The number of rotatable bonds is 3. The number of nitrogens with one attached hydrogen (secondary N) is 1. The van der Waals surface area contributed by atoms with Crippen molar-refractivity contribution in [2.24, 2.45) is 0 Å². The monoisotopic (exact) mass is 224 g/mol. The minimum atomic E-state index is -0.159. The fourth-order valence-electron chi connectivity index (χ4n) is 1.36. The van der Waals surface area contributed by atoms with Crippen LogP contribution in [0.15, 0.2) is 12.1 Å². The maximum atomic E-state index is 13.3. The maximum Gasteiger partial charge on any atom is 0.183 e. The van der Waals surface area contributed by atoms with E-state index in [1.54, 1.807) is 19.1 Å². The average molecular weight is 224 g/mol. The Bertz CT molecular complexity index is 440. The quantitative estimate of drug-likeness (QED) is 0.862. The number of fused-ring (bicyclic) bond motifs is 1. The summed E-state index contributed by atoms with van der Waals surface area (Å²) in [6.45, 7) is 4.76. The van der Waals surface area contributed by atoms with Crippen LogP contribution in [0.2, 0.25) is 0 Å². The SMILES string of the molecule is CCCNc1nc2cc(C)c(F)cc2s1. The molecule has 0 aliphatic heterocycles. The van der Waals surface area contributed by atoms with Crippen LogP contribution in [0.1, 0.15) is 18.9 Å². The number of aryl methyl sites for hydroxylation is 1. The molecule has 1 aromatic carbocycles. The zero-order chi connectivity index (χ0) is 10.8. The van der Waals surface area contributed by atoms with E-state index in [1.165, 1.54) is 11.3 Å². The highest BCUT2D eigenvalue weighted by Gasteiger charge is 2.06. The Balaban J connectivity index is 2.38. The highest BCUT2D eigenvalue weighted by Crippen LogP contribution is 2.27. The van der Waals surface area contributed by atoms with E-state index in [2.05, 4.69) is 17.2 Å². The molecule has 0 aliphatic rings. The van der Waals surface area contributed by atoms with Crippen molar-refractivity contribution in [3.8, 4) is 0 Å². The molecular weight excluding hydrogens is 211 g/mol. The van der Waals surface area contributed by atoms with Crippen LogP contribution in [-0.2, 0) is 0 Å². The van der Waals surface area contributed by atoms with Gasteiger partial charge < -0.3 is 5.32 Å². The van der Waals surface area contributed by atoms with Gasteiger partial charge in [-0.1, -0.05) is 18.3 Å². The third-order valence-corrected chi connectivity index (χ3v) is 3.17. The summed E-state index contributed by atoms with van der Waals surface area (Å²) >= 11 is 1.50. The van der Waals surface area contributed by atoms with Gasteiger partial charge in [0, 0.05) is 6.54 Å². The molecule has 0 unspecified atom stereocenters. The van der Waals surface area contributed by atoms with Gasteiger partial charge >= 0.3 is 0 Å². The Morgan fingerprint density at radius 2 is 2.27 bits per heavy atom. The van der Waals surface area contributed by atoms with E-state index in [-0.39, 0.29) is 5.82 Å². The second-order valence-electron chi connectivity index (χ2n) is 3.51. The van der Waals surface area contributed by atoms with E-state index in [0.29, 0.717) is 5.56 Å². The van der Waals surface area contributed by atoms with Crippen molar-refractivity contribution in [2.75, 3.05) is 11.9 Å². The molecule has 0 atom stereocenters. The lowest BCUT2D eigenvalue weighted by atomic mass is 10.2. The van der Waals surface area contributed by atoms with Gasteiger partial charge in [0.2, 0.25) is 0 Å². The second-order valence-corrected chi connectivity index (χ2v) is 4.55. The summed E-state index contributed by atoms with van der Waals surface area (Å²) in [7, 11) is 0. The highest BCUT2D eigenvalue weighted by atomic mass is 32.1. The van der Waals surface area contributed by atoms with Gasteiger partial charge in [-0.15, -0.1) is 0 Å². The molecule has 2 rings (SSSR count). The van der Waals surface area contributed by atoms with Gasteiger partial charge in [0.05, 0.1) is 10.2 Å². The van der Waals surface area contributed by atoms with Crippen molar-refractivity contribution in [3.63, 3.8) is 0 Å². The Morgan fingerprint density at radius 1 is 1.47 bits per heavy atom. The predicted octanol–water partition coefficient (Wildman–Crippen LogP) is 3.57. The smallest absolute Gasteiger partial charge is 0.183 e. The number of benzene rings is 1. The van der Waals surface area contributed by atoms with E-state index in [1.807, 2.05) is 0 Å². The Kier molecular flexibility index (Phi) is 2.86. The number of nitrogens with zero attached hydrogens (tertiary/aromatic N) is 1. The van der Waals surface area contributed by atoms with Crippen LogP contribution >= 0.6 is 11.3 Å². The molecule has 0 saturated carbocycles. The lowest BCUT2D eigenvalue weighted by Crippen LogP contribution is -1.98. The molecule has 2 nitrogen and oxygen atoms in total. The zero-order valence-corrected chi connectivity index (χ0v) is 9.62. The molecule has 0 amide bonds. The second kappa shape index (κ2) is 4.14. The van der Waals surface area contributed by atoms with Gasteiger partial charge in [0.1, 0.15) is 5.82 Å². The number of thiazole rings is 1. The summed E-state index contributed by atoms with van der Waals surface area (Å²) in [5, 5.41) is 4.08. The lowest BCUT2D eigenvalue weighted by Gasteiger charge is -1.95. The Morgan fingerprint density at radius 3 is 3.00 bits per heavy atom. The number of anilines is 1. The van der Waals surface area contributed by atoms with Crippen molar-refractivity contribution < 1.29 is 4.39 Å². The van der Waals surface area contributed by atoms with Gasteiger partial charge in [0.25, 0.3) is 0 Å². The molecule has 0 bridgehead atoms. The zero-order valence-electron chi connectivity index (χ0n) is 8.80. The largest absolute Gasteiger partial charge is 0.361 e. The molecule has 0 saturated heterocycles. The summed E-state index contributed by atoms with van der Waals surface area (Å²) in [6, 6.07) is 3.34. The van der Waals surface area contributed by atoms with Crippen molar-refractivity contribution >= 4 is 26.7 Å². The Labute approximate surface area is 92.1 Å². The van der Waals surface area contributed by atoms with Crippen LogP contribution in [0.25, 0.3) is 10.2 Å². The molecule has 1 aromatic heterocycles. The standard InChI is InChI=1S/C11H13FN2S/c1-3-4-13-11-14-9-5-7(2)8(12)6-10(9)15-11/h5-6H,3-4H2,1-2H3,(H,13,14). The third kappa shape index (κ3) is 2.09. The summed E-state index contributed by atoms with van der Waals surface area (Å²) < 4.78 is 14.2. The molecule has 15 heavy (non-hydrogen) atoms. The number of hydrogen-bond acceptors (Lipinski definition) is 3. The number of halogens is 1. The first-order valence-corrected chi connectivity index (χ1v) is 5.83. The van der Waals surface area contributed by atoms with E-state index >= 15 is 0 Å². The highest BCUT2D eigenvalue weighted by molar-refractivity contribution is 7.22. The first kappa shape index (κ1) is 10.4. The van der Waals surface area contributed by atoms with Crippen LogP contribution in [0, 0.1) is 12.7 Å². The lowest BCUT2D eigenvalue weighted by molar-refractivity contribution is 0.620. The van der Waals surface area contributed by atoms with E-state index in [4.69, 9.17) is 0 Å². The van der Waals surface area contributed by atoms with Crippen LogP contribution in [0.3, 0.4) is 0 Å². The van der Waals surface area contributed by atoms with Gasteiger partial charge in [0.15, 0.2) is 5.13 Å². The van der Waals surface area contributed by atoms with E-state index < -0.39 is 0 Å². The fraction of sp³-hybridized carbons (Fsp3) is 0.364. The molecule has 0 spiro atoms. The minimum Gasteiger partial charge on any atom is -0.361 e. The van der Waals surface area contributed by atoms with Crippen molar-refractivity contribution in [2.45, 2.75) is 20.3 Å². The van der Waals surface area contributed by atoms with E-state index in [9.17, 15) is 4.39 Å². The first-order chi connectivity index (χ1) is 7.20. The molecule has 80 valence electrons. The third-order valence-electron chi connectivity index (χ3n) is 2.20. The minimum absolute atomic E-state index is 0.159. The summed E-state index contributed by atoms with van der Waals surface area (Å²) in [6.07, 6.45) is 1.06. The molecule has 0 fully saturated rings. The molecule has 0 aliphatic carbocycles. The van der Waals surface area contributed by atoms with Gasteiger partial charge in [-0.2, -0.15) is 0 Å². The van der Waals surface area contributed by atoms with Crippen LogP contribution in [0.5, 0.6) is 0 Å². The van der Waals surface area contributed by atoms with E-state index in [0.717, 1.165) is 28.3 Å². The Hall–Kier alpha value is -1.16. The normalized spacial score (nSPS) is 10.9. The average Bonchev–Trinajstić information content (AvgIpc) is 2.58. The summed E-state index contributed by atoms with van der Waals surface area (Å²) in [4.78, 5) is 4.39. The molecular formula is C11H13FN2S. The van der Waals surface area contributed by atoms with Crippen LogP contribution in [-0.4, -0.2) is 11.5 Å². The summed E-state index contributed by atoms with van der Waals surface area (Å²) in [5.74, 6) is -0.159. The van der Waals surface area contributed by atoms with Crippen molar-refractivity contribution in [3.05, 3.63) is 23.5 Å². The first-order valence-electron chi connectivity index (χ1n) is 5.01. The topological polar surface area (TPSA) is 24.9 Å². The molecule has 1 heterocycles. The van der Waals surface area contributed by atoms with Gasteiger partial charge in [-0.05, 0) is 31.0 Å². The molecule has 4 heteroatoms. The van der Waals surface area contributed by atoms with Gasteiger partial charge in [-0.3, -0.25) is 0 Å². The fourth-order valence-corrected chi connectivity index (χ4v) is 2.26. The van der Waals surface area contributed by atoms with Crippen LogP contribution in [0.4, 0.5) is 9.52 Å². The maximum absolute atomic E-state index is 13.3. The number of aromatic nitrogens is 1. The summed E-state index contributed by atoms with van der Waals surface area (Å²) in [5.41, 5.74) is 1.52. The number of hydrogen-bond donors (Lipinski definition) is 1. The van der Waals surface area contributed by atoms with Crippen molar-refractivity contribution in [1.82, 2.24) is 4.98 Å².